The number of fused-ring (bicyclic) bond motifs is 1. The fourth-order valence-corrected chi connectivity index (χ4v) is 2.60. The molecule has 86 valence electrons. The summed E-state index contributed by atoms with van der Waals surface area (Å²) in [5, 5.41) is 1.74. The second kappa shape index (κ2) is 4.11. The van der Waals surface area contributed by atoms with E-state index in [1.54, 1.807) is 36.4 Å². The predicted molar refractivity (Wildman–Crippen MR) is 69.2 cm³/mol. The zero-order valence-corrected chi connectivity index (χ0v) is 9.87. The van der Waals surface area contributed by atoms with E-state index in [9.17, 15) is 8.42 Å². The van der Waals surface area contributed by atoms with E-state index in [-0.39, 0.29) is 10.6 Å². The molecule has 0 heterocycles. The highest BCUT2D eigenvalue weighted by atomic mass is 32.2. The lowest BCUT2D eigenvalue weighted by molar-refractivity contribution is 0.599. The molecule has 4 heteroatoms. The molecule has 17 heavy (non-hydrogen) atoms. The van der Waals surface area contributed by atoms with E-state index >= 15 is 0 Å². The Morgan fingerprint density at radius 2 is 1.76 bits per heavy atom. The lowest BCUT2D eigenvalue weighted by Gasteiger charge is -2.04. The van der Waals surface area contributed by atoms with Gasteiger partial charge in [0.15, 0.2) is 9.84 Å². The van der Waals surface area contributed by atoms with Crippen molar-refractivity contribution in [2.75, 3.05) is 11.5 Å². The molecule has 2 aromatic rings. The summed E-state index contributed by atoms with van der Waals surface area (Å²) in [6.45, 7) is 0. The molecule has 0 fully saturated rings. The van der Waals surface area contributed by atoms with Crippen molar-refractivity contribution in [2.24, 2.45) is 0 Å². The molecular weight excluding hydrogens is 234 g/mol. The number of nitrogens with two attached hydrogens (primary N) is 1. The Balaban J connectivity index is 2.61. The van der Waals surface area contributed by atoms with Crippen LogP contribution in [0.15, 0.2) is 41.3 Å². The summed E-state index contributed by atoms with van der Waals surface area (Å²) in [4.78, 5) is 0.243. The molecule has 3 nitrogen and oxygen atoms in total. The number of hydrogen-bond donors (Lipinski definition) is 1. The quantitative estimate of drug-likeness (QED) is 0.648. The summed E-state index contributed by atoms with van der Waals surface area (Å²) >= 11 is 0. The molecule has 0 unspecified atom stereocenters. The second-order valence-corrected chi connectivity index (χ2v) is 5.72. The topological polar surface area (TPSA) is 60.2 Å². The molecule has 0 aliphatic rings. The van der Waals surface area contributed by atoms with Crippen LogP contribution in [0.5, 0.6) is 0 Å². The van der Waals surface area contributed by atoms with Crippen LogP contribution in [0, 0.1) is 12.3 Å². The van der Waals surface area contributed by atoms with E-state index in [2.05, 4.69) is 5.92 Å². The number of rotatable bonds is 2. The number of anilines is 1. The zero-order chi connectivity index (χ0) is 12.5. The maximum absolute atomic E-state index is 11.8. The van der Waals surface area contributed by atoms with Crippen molar-refractivity contribution in [1.82, 2.24) is 0 Å². The normalized spacial score (nSPS) is 11.2. The van der Waals surface area contributed by atoms with Crippen LogP contribution in [0.25, 0.3) is 10.8 Å². The monoisotopic (exact) mass is 245 g/mol. The molecule has 0 aromatic heterocycles. The van der Waals surface area contributed by atoms with Crippen molar-refractivity contribution in [2.45, 2.75) is 4.90 Å². The fraction of sp³-hybridized carbons (Fsp3) is 0.0769. The third-order valence-corrected chi connectivity index (χ3v) is 3.99. The van der Waals surface area contributed by atoms with Gasteiger partial charge in [-0.05, 0) is 35.0 Å². The first-order valence-corrected chi connectivity index (χ1v) is 6.64. The number of hydrogen-bond acceptors (Lipinski definition) is 3. The highest BCUT2D eigenvalue weighted by Crippen LogP contribution is 2.21. The Bertz CT molecular complexity index is 712. The molecule has 2 aromatic carbocycles. The summed E-state index contributed by atoms with van der Waals surface area (Å²) in [7, 11) is -3.38. The SMILES string of the molecule is C#CCS(=O)(=O)c1ccc2cc(N)ccc2c1. The molecule has 2 rings (SSSR count). The highest BCUT2D eigenvalue weighted by Gasteiger charge is 2.12. The molecule has 0 radical (unpaired) electrons. The number of benzene rings is 2. The Hall–Kier alpha value is -1.99. The lowest BCUT2D eigenvalue weighted by Crippen LogP contribution is -2.04. The molecular formula is C13H11NO2S. The van der Waals surface area contributed by atoms with E-state index in [4.69, 9.17) is 12.2 Å². The summed E-state index contributed by atoms with van der Waals surface area (Å²) in [6.07, 6.45) is 5.04. The van der Waals surface area contributed by atoms with Gasteiger partial charge in [-0.3, -0.25) is 0 Å². The first kappa shape index (κ1) is 11.5. The average molecular weight is 245 g/mol. The van der Waals surface area contributed by atoms with Crippen LogP contribution in [-0.4, -0.2) is 14.2 Å². The van der Waals surface area contributed by atoms with E-state index in [0.29, 0.717) is 5.69 Å². The molecule has 0 aliphatic carbocycles. The summed E-state index contributed by atoms with van der Waals surface area (Å²) < 4.78 is 23.6. The van der Waals surface area contributed by atoms with Crippen LogP contribution in [-0.2, 0) is 9.84 Å². The van der Waals surface area contributed by atoms with Crippen LogP contribution >= 0.6 is 0 Å². The number of sulfone groups is 1. The minimum Gasteiger partial charge on any atom is -0.399 e. The summed E-state index contributed by atoms with van der Waals surface area (Å²) in [5.74, 6) is 1.87. The Morgan fingerprint density at radius 1 is 1.12 bits per heavy atom. The van der Waals surface area contributed by atoms with Gasteiger partial charge in [0.25, 0.3) is 0 Å². The standard InChI is InChI=1S/C13H11NO2S/c1-2-7-17(15,16)13-6-4-10-8-12(14)5-3-11(10)9-13/h1,3-6,8-9H,7,14H2. The minimum atomic E-state index is -3.38. The minimum absolute atomic E-state index is 0.243. The average Bonchev–Trinajstić information content (AvgIpc) is 2.28. The van der Waals surface area contributed by atoms with Crippen molar-refractivity contribution >= 4 is 26.3 Å². The van der Waals surface area contributed by atoms with Gasteiger partial charge in [0, 0.05) is 5.69 Å². The molecule has 0 saturated heterocycles. The third-order valence-electron chi connectivity index (χ3n) is 2.47. The molecule has 0 amide bonds. The summed E-state index contributed by atoms with van der Waals surface area (Å²) in [6, 6.07) is 10.2. The van der Waals surface area contributed by atoms with Gasteiger partial charge in [0.1, 0.15) is 5.75 Å². The maximum atomic E-state index is 11.8. The van der Waals surface area contributed by atoms with Gasteiger partial charge >= 0.3 is 0 Å². The Morgan fingerprint density at radius 3 is 2.47 bits per heavy atom. The summed E-state index contributed by atoms with van der Waals surface area (Å²) in [5.41, 5.74) is 6.30. The van der Waals surface area contributed by atoms with Crippen molar-refractivity contribution in [3.63, 3.8) is 0 Å². The van der Waals surface area contributed by atoms with Crippen molar-refractivity contribution < 1.29 is 8.42 Å². The predicted octanol–water partition coefficient (Wildman–Crippen LogP) is 1.83. The van der Waals surface area contributed by atoms with Crippen LogP contribution in [0.4, 0.5) is 5.69 Å². The third kappa shape index (κ3) is 2.24. The van der Waals surface area contributed by atoms with Crippen molar-refractivity contribution in [3.05, 3.63) is 36.4 Å². The van der Waals surface area contributed by atoms with Crippen LogP contribution in [0.1, 0.15) is 0 Å². The maximum Gasteiger partial charge on any atom is 0.189 e. The largest absolute Gasteiger partial charge is 0.399 e. The van der Waals surface area contributed by atoms with E-state index < -0.39 is 9.84 Å². The van der Waals surface area contributed by atoms with Crippen molar-refractivity contribution in [3.8, 4) is 12.3 Å². The lowest BCUT2D eigenvalue weighted by atomic mass is 10.1. The first-order valence-electron chi connectivity index (χ1n) is 4.98. The van der Waals surface area contributed by atoms with E-state index in [1.807, 2.05) is 0 Å². The molecule has 2 N–H and O–H groups in total. The molecule has 0 aliphatic heterocycles. The van der Waals surface area contributed by atoms with Crippen LogP contribution in [0.2, 0.25) is 0 Å². The van der Waals surface area contributed by atoms with Gasteiger partial charge in [0.2, 0.25) is 0 Å². The molecule has 0 atom stereocenters. The Kier molecular flexibility index (Phi) is 2.78. The number of terminal acetylenes is 1. The molecule has 0 saturated carbocycles. The first-order chi connectivity index (χ1) is 8.03. The van der Waals surface area contributed by atoms with Crippen molar-refractivity contribution in [1.29, 1.82) is 0 Å². The highest BCUT2D eigenvalue weighted by molar-refractivity contribution is 7.91. The van der Waals surface area contributed by atoms with Gasteiger partial charge in [0.05, 0.1) is 4.90 Å². The van der Waals surface area contributed by atoms with Crippen LogP contribution < -0.4 is 5.73 Å². The molecule has 0 bridgehead atoms. The van der Waals surface area contributed by atoms with Gasteiger partial charge in [-0.1, -0.05) is 18.1 Å². The van der Waals surface area contributed by atoms with Gasteiger partial charge in [-0.25, -0.2) is 8.42 Å². The van der Waals surface area contributed by atoms with Gasteiger partial charge in [-0.15, -0.1) is 6.42 Å². The van der Waals surface area contributed by atoms with E-state index in [0.717, 1.165) is 10.8 Å². The van der Waals surface area contributed by atoms with Gasteiger partial charge in [-0.2, -0.15) is 0 Å². The van der Waals surface area contributed by atoms with Crippen LogP contribution in [0.3, 0.4) is 0 Å². The fourth-order valence-electron chi connectivity index (χ4n) is 1.63. The number of nitrogen functional groups attached to an aromatic ring is 1. The van der Waals surface area contributed by atoms with E-state index in [1.165, 1.54) is 0 Å². The Labute approximate surface area is 100 Å². The molecule has 0 spiro atoms. The van der Waals surface area contributed by atoms with Gasteiger partial charge < -0.3 is 5.73 Å². The zero-order valence-electron chi connectivity index (χ0n) is 9.05. The smallest absolute Gasteiger partial charge is 0.189 e. The second-order valence-electron chi connectivity index (χ2n) is 3.73.